The van der Waals surface area contributed by atoms with E-state index >= 15 is 0 Å². The highest BCUT2D eigenvalue weighted by atomic mass is 32.2. The summed E-state index contributed by atoms with van der Waals surface area (Å²) in [4.78, 5) is 2.38. The predicted octanol–water partition coefficient (Wildman–Crippen LogP) is 2.92. The average molecular weight is 312 g/mol. The number of hydrogen-bond acceptors (Lipinski definition) is 4. The smallest absolute Gasteiger partial charge is 0.165 e. The number of thioether (sulfide) groups is 1. The maximum Gasteiger partial charge on any atom is 0.165 e. The first-order chi connectivity index (χ1) is 10.2. The molecule has 3 nitrogen and oxygen atoms in total. The molecule has 0 bridgehead atoms. The van der Waals surface area contributed by atoms with Crippen LogP contribution in [-0.2, 0) is 0 Å². The van der Waals surface area contributed by atoms with Crippen molar-refractivity contribution in [1.29, 1.82) is 0 Å². The lowest BCUT2D eigenvalue weighted by Crippen LogP contribution is -2.48. The minimum atomic E-state index is -0.288. The van der Waals surface area contributed by atoms with E-state index < -0.39 is 0 Å². The molecule has 2 rings (SSSR count). The van der Waals surface area contributed by atoms with Crippen LogP contribution >= 0.6 is 11.8 Å². The minimum absolute atomic E-state index is 0.156. The van der Waals surface area contributed by atoms with Gasteiger partial charge in [-0.1, -0.05) is 13.0 Å². The zero-order valence-corrected chi connectivity index (χ0v) is 13.9. The minimum Gasteiger partial charge on any atom is -0.494 e. The third kappa shape index (κ3) is 4.11. The van der Waals surface area contributed by atoms with E-state index in [4.69, 9.17) is 4.74 Å². The first-order valence-corrected chi connectivity index (χ1v) is 8.67. The van der Waals surface area contributed by atoms with Crippen LogP contribution in [0.1, 0.15) is 24.9 Å². The van der Waals surface area contributed by atoms with Crippen LogP contribution in [0.5, 0.6) is 5.75 Å². The number of likely N-dealkylation sites (N-methyl/N-ethyl adjacent to an activating group) is 1. The molecule has 118 valence electrons. The molecule has 1 fully saturated rings. The highest BCUT2D eigenvalue weighted by Gasteiger charge is 2.29. The molecule has 1 aromatic rings. The molecule has 0 amide bonds. The number of benzene rings is 1. The van der Waals surface area contributed by atoms with E-state index in [2.05, 4.69) is 24.2 Å². The second kappa shape index (κ2) is 8.01. The fraction of sp³-hybridized carbons (Fsp3) is 0.625. The zero-order chi connectivity index (χ0) is 15.2. The number of halogens is 1. The van der Waals surface area contributed by atoms with Gasteiger partial charge in [0.15, 0.2) is 11.6 Å². The van der Waals surface area contributed by atoms with Crippen molar-refractivity contribution in [3.8, 4) is 5.75 Å². The molecule has 1 heterocycles. The maximum absolute atomic E-state index is 14.0. The van der Waals surface area contributed by atoms with Gasteiger partial charge in [-0.05, 0) is 37.7 Å². The fourth-order valence-corrected chi connectivity index (χ4v) is 3.98. The van der Waals surface area contributed by atoms with Crippen molar-refractivity contribution in [3.63, 3.8) is 0 Å². The molecule has 1 aromatic carbocycles. The second-order valence-corrected chi connectivity index (χ2v) is 6.60. The maximum atomic E-state index is 14.0. The summed E-state index contributed by atoms with van der Waals surface area (Å²) in [6, 6.07) is 5.86. The molecule has 0 aliphatic carbocycles. The molecule has 0 radical (unpaired) electrons. The van der Waals surface area contributed by atoms with Crippen LogP contribution in [0.2, 0.25) is 0 Å². The molecule has 0 spiro atoms. The zero-order valence-electron chi connectivity index (χ0n) is 13.1. The first-order valence-electron chi connectivity index (χ1n) is 7.52. The van der Waals surface area contributed by atoms with E-state index in [1.807, 2.05) is 17.8 Å². The van der Waals surface area contributed by atoms with E-state index in [0.29, 0.717) is 11.8 Å². The van der Waals surface area contributed by atoms with E-state index in [1.165, 1.54) is 12.9 Å². The summed E-state index contributed by atoms with van der Waals surface area (Å²) in [5.41, 5.74) is 1.00. The van der Waals surface area contributed by atoms with Crippen molar-refractivity contribution in [3.05, 3.63) is 29.6 Å². The summed E-state index contributed by atoms with van der Waals surface area (Å²) >= 11 is 1.97. The fourth-order valence-electron chi connectivity index (χ4n) is 2.71. The first kappa shape index (κ1) is 16.6. The number of methoxy groups -OCH3 is 1. The van der Waals surface area contributed by atoms with Gasteiger partial charge in [0.25, 0.3) is 0 Å². The summed E-state index contributed by atoms with van der Waals surface area (Å²) in [5, 5.41) is 3.59. The summed E-state index contributed by atoms with van der Waals surface area (Å²) in [5.74, 6) is 2.26. The van der Waals surface area contributed by atoms with Gasteiger partial charge in [0, 0.05) is 30.1 Å². The molecule has 21 heavy (non-hydrogen) atoms. The Labute approximate surface area is 131 Å². The topological polar surface area (TPSA) is 24.5 Å². The van der Waals surface area contributed by atoms with Gasteiger partial charge < -0.3 is 10.1 Å². The lowest BCUT2D eigenvalue weighted by atomic mass is 9.98. The molecule has 1 saturated heterocycles. The van der Waals surface area contributed by atoms with Gasteiger partial charge in [0.05, 0.1) is 7.11 Å². The lowest BCUT2D eigenvalue weighted by Gasteiger charge is -2.38. The SMILES string of the molecule is CCCNC(c1ccc(OC)c(F)c1)C1CSCCN1C. The Balaban J connectivity index is 2.24. The van der Waals surface area contributed by atoms with E-state index in [-0.39, 0.29) is 11.9 Å². The number of ether oxygens (including phenoxy) is 1. The van der Waals surface area contributed by atoms with Crippen molar-refractivity contribution < 1.29 is 9.13 Å². The number of hydrogen-bond donors (Lipinski definition) is 1. The Morgan fingerprint density at radius 2 is 2.33 bits per heavy atom. The van der Waals surface area contributed by atoms with Crippen LogP contribution in [0, 0.1) is 5.82 Å². The Bertz CT molecular complexity index is 458. The van der Waals surface area contributed by atoms with Crippen molar-refractivity contribution >= 4 is 11.8 Å². The molecule has 1 aliphatic rings. The van der Waals surface area contributed by atoms with Gasteiger partial charge in [-0.25, -0.2) is 4.39 Å². The molecule has 0 saturated carbocycles. The lowest BCUT2D eigenvalue weighted by molar-refractivity contribution is 0.215. The van der Waals surface area contributed by atoms with Gasteiger partial charge in [-0.3, -0.25) is 4.90 Å². The summed E-state index contributed by atoms with van der Waals surface area (Å²) < 4.78 is 19.0. The second-order valence-electron chi connectivity index (χ2n) is 5.45. The van der Waals surface area contributed by atoms with Crippen molar-refractivity contribution in [2.75, 3.05) is 38.8 Å². The largest absolute Gasteiger partial charge is 0.494 e. The van der Waals surface area contributed by atoms with Gasteiger partial charge in [0.2, 0.25) is 0 Å². The molecule has 2 atom stereocenters. The van der Waals surface area contributed by atoms with Gasteiger partial charge in [-0.2, -0.15) is 11.8 Å². The molecular weight excluding hydrogens is 287 g/mol. The summed E-state index contributed by atoms with van der Waals surface area (Å²) in [7, 11) is 3.65. The van der Waals surface area contributed by atoms with Crippen molar-refractivity contribution in [1.82, 2.24) is 10.2 Å². The van der Waals surface area contributed by atoms with E-state index in [0.717, 1.165) is 30.8 Å². The van der Waals surface area contributed by atoms with Crippen molar-refractivity contribution in [2.45, 2.75) is 25.4 Å². The number of nitrogens with one attached hydrogen (secondary N) is 1. The molecule has 1 N–H and O–H groups in total. The molecule has 5 heteroatoms. The Morgan fingerprint density at radius 1 is 1.52 bits per heavy atom. The highest BCUT2D eigenvalue weighted by Crippen LogP contribution is 2.29. The van der Waals surface area contributed by atoms with Crippen LogP contribution in [0.15, 0.2) is 18.2 Å². The summed E-state index contributed by atoms with van der Waals surface area (Å²) in [6.45, 7) is 4.17. The predicted molar refractivity (Wildman–Crippen MR) is 87.7 cm³/mol. The van der Waals surface area contributed by atoms with E-state index in [1.54, 1.807) is 12.1 Å². The number of rotatable bonds is 6. The van der Waals surface area contributed by atoms with Gasteiger partial charge >= 0.3 is 0 Å². The normalized spacial score (nSPS) is 21.2. The van der Waals surface area contributed by atoms with Gasteiger partial charge in [-0.15, -0.1) is 0 Å². The molecule has 0 aromatic heterocycles. The van der Waals surface area contributed by atoms with Crippen LogP contribution in [0.3, 0.4) is 0 Å². The molecular formula is C16H25FN2OS. The Morgan fingerprint density at radius 3 is 2.95 bits per heavy atom. The third-order valence-corrected chi connectivity index (χ3v) is 5.03. The number of nitrogens with zero attached hydrogens (tertiary/aromatic N) is 1. The van der Waals surface area contributed by atoms with Crippen LogP contribution in [0.4, 0.5) is 4.39 Å². The van der Waals surface area contributed by atoms with E-state index in [9.17, 15) is 4.39 Å². The monoisotopic (exact) mass is 312 g/mol. The highest BCUT2D eigenvalue weighted by molar-refractivity contribution is 7.99. The van der Waals surface area contributed by atoms with Gasteiger partial charge in [0.1, 0.15) is 0 Å². The Kier molecular flexibility index (Phi) is 6.33. The third-order valence-electron chi connectivity index (χ3n) is 3.98. The van der Waals surface area contributed by atoms with Crippen molar-refractivity contribution in [2.24, 2.45) is 0 Å². The quantitative estimate of drug-likeness (QED) is 0.873. The molecule has 2 unspecified atom stereocenters. The summed E-state index contributed by atoms with van der Waals surface area (Å²) in [6.07, 6.45) is 1.07. The Hall–Kier alpha value is -0.780. The standard InChI is InChI=1S/C16H25FN2OS/c1-4-7-18-16(14-11-21-9-8-19(14)2)12-5-6-15(20-3)13(17)10-12/h5-6,10,14,16,18H,4,7-9,11H2,1-3H3. The average Bonchev–Trinajstić information content (AvgIpc) is 2.49. The van der Waals surface area contributed by atoms with Crippen LogP contribution in [-0.4, -0.2) is 49.7 Å². The van der Waals surface area contributed by atoms with Crippen LogP contribution in [0.25, 0.3) is 0 Å². The molecule has 1 aliphatic heterocycles. The van der Waals surface area contributed by atoms with Crippen LogP contribution < -0.4 is 10.1 Å².